The molecule has 148 valence electrons. The van der Waals surface area contributed by atoms with E-state index in [0.29, 0.717) is 5.75 Å². The van der Waals surface area contributed by atoms with Crippen LogP contribution in [0.3, 0.4) is 0 Å². The summed E-state index contributed by atoms with van der Waals surface area (Å²) in [7, 11) is -4.46. The molecule has 2 aromatic carbocycles. The Bertz CT molecular complexity index is 836. The molecule has 0 fully saturated rings. The van der Waals surface area contributed by atoms with Crippen LogP contribution in [-0.4, -0.2) is 13.0 Å². The summed E-state index contributed by atoms with van der Waals surface area (Å²) in [5.41, 5.74) is 1.01. The molecule has 5 nitrogen and oxygen atoms in total. The van der Waals surface area contributed by atoms with Crippen LogP contribution in [0.1, 0.15) is 57.4 Å². The van der Waals surface area contributed by atoms with E-state index >= 15 is 0 Å². The fourth-order valence-corrected chi connectivity index (χ4v) is 3.49. The molecule has 0 amide bonds. The molecule has 2 rings (SSSR count). The maximum atomic E-state index is 11.7. The molecule has 28 heavy (non-hydrogen) atoms. The van der Waals surface area contributed by atoms with Crippen molar-refractivity contribution in [2.24, 2.45) is 0 Å². The van der Waals surface area contributed by atoms with Gasteiger partial charge < -0.3 is 9.84 Å². The van der Waals surface area contributed by atoms with Crippen LogP contribution in [0.2, 0.25) is 0 Å². The fraction of sp³-hybridized carbons (Fsp3) is 0.429. The summed E-state index contributed by atoms with van der Waals surface area (Å²) in [6.45, 7) is 2.21. The van der Waals surface area contributed by atoms with Crippen molar-refractivity contribution >= 4 is 10.1 Å². The second-order valence-corrected chi connectivity index (χ2v) is 8.12. The van der Waals surface area contributed by atoms with Crippen LogP contribution < -0.4 is 61.2 Å². The first kappa shape index (κ1) is 25.6. The van der Waals surface area contributed by atoms with E-state index in [1.807, 2.05) is 18.2 Å². The Balaban J connectivity index is 0.00000392. The van der Waals surface area contributed by atoms with Gasteiger partial charge in [0.1, 0.15) is 11.5 Å². The van der Waals surface area contributed by atoms with Gasteiger partial charge in [-0.25, -0.2) is 0 Å². The van der Waals surface area contributed by atoms with Gasteiger partial charge in [-0.2, -0.15) is 8.42 Å². The largest absolute Gasteiger partial charge is 1.00 e. The molecule has 0 aliphatic rings. The van der Waals surface area contributed by atoms with Crippen LogP contribution in [-0.2, 0) is 16.5 Å². The summed E-state index contributed by atoms with van der Waals surface area (Å²) in [5, 5.41) is 11.7. The van der Waals surface area contributed by atoms with Crippen molar-refractivity contribution < 1.29 is 74.2 Å². The number of benzene rings is 2. The summed E-state index contributed by atoms with van der Waals surface area (Å²) in [5.74, 6) is 0.155. The van der Waals surface area contributed by atoms with E-state index in [4.69, 9.17) is 9.29 Å². The third-order valence-corrected chi connectivity index (χ3v) is 5.23. The zero-order chi connectivity index (χ0) is 19.7. The van der Waals surface area contributed by atoms with Gasteiger partial charge in [0.25, 0.3) is 10.1 Å². The number of hydrogen-bond acceptors (Lipinski definition) is 4. The standard InChI is InChI=1S/C21H28O5S.K/c1-2-3-4-5-6-7-8-11-17-12-9-10-13-21(17)26-19-14-18(22)15-20(16-19)27(23,24)25;/h9-10,12-16,22H,2-8,11H2,1H3,(H,23,24,25);/q;+1/p-1. The molecule has 7 heteroatoms. The number of para-hydroxylation sites is 1. The number of aryl methyl sites for hydroxylation is 1. The van der Waals surface area contributed by atoms with E-state index in [1.54, 1.807) is 6.07 Å². The summed E-state index contributed by atoms with van der Waals surface area (Å²) in [4.78, 5) is -0.463. The summed E-state index contributed by atoms with van der Waals surface area (Å²) < 4.78 is 37.5. The van der Waals surface area contributed by atoms with Crippen molar-refractivity contribution in [2.75, 3.05) is 0 Å². The smallest absolute Gasteiger partial charge is 0.872 e. The number of ether oxygens (including phenoxy) is 1. The van der Waals surface area contributed by atoms with E-state index in [9.17, 15) is 13.5 Å². The molecular weight excluding hydrogens is 403 g/mol. The van der Waals surface area contributed by atoms with Crippen LogP contribution in [0.4, 0.5) is 0 Å². The van der Waals surface area contributed by atoms with E-state index in [1.165, 1.54) is 38.2 Å². The third-order valence-electron chi connectivity index (χ3n) is 4.40. The van der Waals surface area contributed by atoms with E-state index in [-0.39, 0.29) is 57.1 Å². The van der Waals surface area contributed by atoms with Gasteiger partial charge in [0.15, 0.2) is 0 Å². The van der Waals surface area contributed by atoms with E-state index in [2.05, 4.69) is 6.92 Å². The quantitative estimate of drug-likeness (QED) is 0.335. The number of unbranched alkanes of at least 4 members (excludes halogenated alkanes) is 6. The Kier molecular flexibility index (Phi) is 11.9. The van der Waals surface area contributed by atoms with Crippen LogP contribution in [0.5, 0.6) is 17.2 Å². The van der Waals surface area contributed by atoms with Gasteiger partial charge in [-0.15, -0.1) is 5.75 Å². The predicted molar refractivity (Wildman–Crippen MR) is 104 cm³/mol. The molecule has 0 unspecified atom stereocenters. The van der Waals surface area contributed by atoms with Crippen LogP contribution in [0, 0.1) is 0 Å². The average molecular weight is 431 g/mol. The third kappa shape index (κ3) is 8.94. The number of hydrogen-bond donors (Lipinski definition) is 1. The molecule has 0 saturated heterocycles. The Labute approximate surface area is 210 Å². The maximum absolute atomic E-state index is 11.7. The summed E-state index contributed by atoms with van der Waals surface area (Å²) >= 11 is 0. The minimum Gasteiger partial charge on any atom is -0.872 e. The first-order chi connectivity index (χ1) is 12.9. The molecule has 0 aliphatic heterocycles. The molecule has 0 saturated carbocycles. The SMILES string of the molecule is CCCCCCCCCc1ccccc1Oc1cc([O-])cc(S(=O)(=O)O)c1.[K+]. The molecule has 0 spiro atoms. The molecule has 0 aromatic heterocycles. The molecular formula is C21H27KO5S. The predicted octanol–water partition coefficient (Wildman–Crippen LogP) is 2.10. The van der Waals surface area contributed by atoms with Crippen LogP contribution in [0.15, 0.2) is 47.4 Å². The van der Waals surface area contributed by atoms with Gasteiger partial charge >= 0.3 is 51.4 Å². The second-order valence-electron chi connectivity index (χ2n) is 6.70. The summed E-state index contributed by atoms with van der Waals surface area (Å²) in [6.07, 6.45) is 9.37. The molecule has 0 bridgehead atoms. The second kappa shape index (κ2) is 13.0. The summed E-state index contributed by atoms with van der Waals surface area (Å²) in [6, 6.07) is 10.7. The normalized spacial score (nSPS) is 11.1. The zero-order valence-electron chi connectivity index (χ0n) is 16.7. The fourth-order valence-electron chi connectivity index (χ4n) is 2.96. The zero-order valence-corrected chi connectivity index (χ0v) is 20.6. The van der Waals surface area contributed by atoms with E-state index in [0.717, 1.165) is 37.0 Å². The van der Waals surface area contributed by atoms with Crippen molar-refractivity contribution in [3.05, 3.63) is 48.0 Å². The Hall–Kier alpha value is -0.414. The van der Waals surface area contributed by atoms with Crippen molar-refractivity contribution in [3.8, 4) is 17.2 Å². The molecule has 0 heterocycles. The van der Waals surface area contributed by atoms with Gasteiger partial charge in [0, 0.05) is 6.07 Å². The van der Waals surface area contributed by atoms with Gasteiger partial charge in [-0.1, -0.05) is 63.6 Å². The molecule has 2 aromatic rings. The van der Waals surface area contributed by atoms with Crippen molar-refractivity contribution in [1.82, 2.24) is 0 Å². The number of rotatable bonds is 11. The van der Waals surface area contributed by atoms with Gasteiger partial charge in [-0.3, -0.25) is 4.55 Å². The maximum Gasteiger partial charge on any atom is 1.00 e. The molecule has 1 N–H and O–H groups in total. The minimum atomic E-state index is -4.46. The van der Waals surface area contributed by atoms with Crippen molar-refractivity contribution in [2.45, 2.75) is 63.2 Å². The molecule has 0 radical (unpaired) electrons. The first-order valence-electron chi connectivity index (χ1n) is 9.45. The Morgan fingerprint density at radius 2 is 1.61 bits per heavy atom. The van der Waals surface area contributed by atoms with E-state index < -0.39 is 20.8 Å². The average Bonchev–Trinajstić information content (AvgIpc) is 2.61. The first-order valence-corrected chi connectivity index (χ1v) is 10.9. The van der Waals surface area contributed by atoms with Gasteiger partial charge in [-0.05, 0) is 36.6 Å². The van der Waals surface area contributed by atoms with Crippen LogP contribution in [0.25, 0.3) is 0 Å². The minimum absolute atomic E-state index is 0. The van der Waals surface area contributed by atoms with Crippen LogP contribution >= 0.6 is 0 Å². The Morgan fingerprint density at radius 3 is 2.29 bits per heavy atom. The van der Waals surface area contributed by atoms with Crippen molar-refractivity contribution in [1.29, 1.82) is 0 Å². The topological polar surface area (TPSA) is 86.7 Å². The molecule has 0 aliphatic carbocycles. The van der Waals surface area contributed by atoms with Crippen molar-refractivity contribution in [3.63, 3.8) is 0 Å². The monoisotopic (exact) mass is 430 g/mol. The molecule has 0 atom stereocenters. The van der Waals surface area contributed by atoms with Gasteiger partial charge in [0.05, 0.1) is 4.90 Å². The van der Waals surface area contributed by atoms with Gasteiger partial charge in [0.2, 0.25) is 0 Å². The Morgan fingerprint density at radius 1 is 0.964 bits per heavy atom.